The molecule has 2 N–H and O–H groups in total. The molecule has 3 nitrogen and oxygen atoms in total. The average Bonchev–Trinajstić information content (AvgIpc) is 2.55. The van der Waals surface area contributed by atoms with E-state index >= 15 is 0 Å². The molecule has 112 valence electrons. The second kappa shape index (κ2) is 8.45. The Morgan fingerprint density at radius 3 is 2.43 bits per heavy atom. The number of likely N-dealkylation sites (N-methyl/N-ethyl adjacent to an activating group) is 1. The molecule has 0 aromatic heterocycles. The Bertz CT molecular complexity index is 528. The summed E-state index contributed by atoms with van der Waals surface area (Å²) in [6.07, 6.45) is 0. The third-order valence-electron chi connectivity index (χ3n) is 3.55. The molecule has 2 aromatic carbocycles. The molecule has 0 aliphatic heterocycles. The van der Waals surface area contributed by atoms with Crippen LogP contribution >= 0.6 is 0 Å². The SMILES string of the molecule is CCN(CCOc1ccccc1CN)Cc1ccccc1. The van der Waals surface area contributed by atoms with Gasteiger partial charge in [0.15, 0.2) is 0 Å². The molecule has 0 spiro atoms. The molecule has 0 bridgehead atoms. The number of rotatable bonds is 8. The maximum absolute atomic E-state index is 5.88. The van der Waals surface area contributed by atoms with Crippen molar-refractivity contribution in [3.05, 3.63) is 65.7 Å². The summed E-state index contributed by atoms with van der Waals surface area (Å²) in [6.45, 7) is 6.24. The van der Waals surface area contributed by atoms with Gasteiger partial charge in [0.2, 0.25) is 0 Å². The second-order valence-electron chi connectivity index (χ2n) is 5.01. The number of hydrogen-bond acceptors (Lipinski definition) is 3. The van der Waals surface area contributed by atoms with Crippen molar-refractivity contribution >= 4 is 0 Å². The minimum atomic E-state index is 0.512. The average molecular weight is 284 g/mol. The molecule has 0 aliphatic carbocycles. The Hall–Kier alpha value is -1.84. The lowest BCUT2D eigenvalue weighted by Gasteiger charge is -2.21. The Morgan fingerprint density at radius 2 is 1.71 bits per heavy atom. The predicted molar refractivity (Wildman–Crippen MR) is 87.2 cm³/mol. The van der Waals surface area contributed by atoms with Crippen LogP contribution in [-0.2, 0) is 13.1 Å². The molecule has 21 heavy (non-hydrogen) atoms. The lowest BCUT2D eigenvalue weighted by atomic mass is 10.2. The lowest BCUT2D eigenvalue weighted by Crippen LogP contribution is -2.28. The lowest BCUT2D eigenvalue weighted by molar-refractivity contribution is 0.209. The van der Waals surface area contributed by atoms with Crippen LogP contribution in [0.25, 0.3) is 0 Å². The normalized spacial score (nSPS) is 10.8. The van der Waals surface area contributed by atoms with Crippen LogP contribution in [0.1, 0.15) is 18.1 Å². The van der Waals surface area contributed by atoms with Gasteiger partial charge in [-0.1, -0.05) is 55.5 Å². The predicted octanol–water partition coefficient (Wildman–Crippen LogP) is 3.05. The Morgan fingerprint density at radius 1 is 1.00 bits per heavy atom. The fraction of sp³-hybridized carbons (Fsp3) is 0.333. The molecule has 2 rings (SSSR count). The molecular weight excluding hydrogens is 260 g/mol. The van der Waals surface area contributed by atoms with E-state index in [2.05, 4.69) is 36.1 Å². The minimum absolute atomic E-state index is 0.512. The highest BCUT2D eigenvalue weighted by atomic mass is 16.5. The topological polar surface area (TPSA) is 38.5 Å². The summed E-state index contributed by atoms with van der Waals surface area (Å²) in [6, 6.07) is 18.5. The zero-order valence-corrected chi connectivity index (χ0v) is 12.7. The largest absolute Gasteiger partial charge is 0.492 e. The summed E-state index contributed by atoms with van der Waals surface area (Å²) in [4.78, 5) is 2.38. The van der Waals surface area contributed by atoms with E-state index in [9.17, 15) is 0 Å². The van der Waals surface area contributed by atoms with Crippen LogP contribution in [0.3, 0.4) is 0 Å². The van der Waals surface area contributed by atoms with Crippen molar-refractivity contribution < 1.29 is 4.74 Å². The van der Waals surface area contributed by atoms with Crippen molar-refractivity contribution in [2.45, 2.75) is 20.0 Å². The molecule has 0 heterocycles. The maximum Gasteiger partial charge on any atom is 0.123 e. The monoisotopic (exact) mass is 284 g/mol. The maximum atomic E-state index is 5.88. The Balaban J connectivity index is 1.83. The van der Waals surface area contributed by atoms with Crippen LogP contribution in [0.15, 0.2) is 54.6 Å². The van der Waals surface area contributed by atoms with Crippen LogP contribution in [-0.4, -0.2) is 24.6 Å². The first-order chi connectivity index (χ1) is 10.3. The molecule has 0 atom stereocenters. The number of para-hydroxylation sites is 1. The molecule has 0 saturated carbocycles. The molecule has 0 unspecified atom stereocenters. The van der Waals surface area contributed by atoms with Crippen LogP contribution in [0.5, 0.6) is 5.75 Å². The van der Waals surface area contributed by atoms with Gasteiger partial charge in [0.25, 0.3) is 0 Å². The van der Waals surface area contributed by atoms with Crippen molar-refractivity contribution in [3.63, 3.8) is 0 Å². The van der Waals surface area contributed by atoms with Crippen molar-refractivity contribution in [2.75, 3.05) is 19.7 Å². The Labute approximate surface area is 127 Å². The van der Waals surface area contributed by atoms with E-state index in [1.165, 1.54) is 5.56 Å². The van der Waals surface area contributed by atoms with Crippen molar-refractivity contribution in [2.24, 2.45) is 5.73 Å². The van der Waals surface area contributed by atoms with Gasteiger partial charge < -0.3 is 10.5 Å². The van der Waals surface area contributed by atoms with E-state index in [1.54, 1.807) is 0 Å². The van der Waals surface area contributed by atoms with E-state index in [-0.39, 0.29) is 0 Å². The van der Waals surface area contributed by atoms with Crippen LogP contribution in [0.2, 0.25) is 0 Å². The second-order valence-corrected chi connectivity index (χ2v) is 5.01. The zero-order valence-electron chi connectivity index (χ0n) is 12.7. The third-order valence-corrected chi connectivity index (χ3v) is 3.55. The van der Waals surface area contributed by atoms with E-state index in [4.69, 9.17) is 10.5 Å². The molecule has 0 radical (unpaired) electrons. The van der Waals surface area contributed by atoms with E-state index in [0.29, 0.717) is 13.2 Å². The zero-order chi connectivity index (χ0) is 14.9. The first-order valence-electron chi connectivity index (χ1n) is 7.50. The third kappa shape index (κ3) is 4.88. The minimum Gasteiger partial charge on any atom is -0.492 e. The summed E-state index contributed by atoms with van der Waals surface area (Å²) in [5.41, 5.74) is 8.11. The molecule has 0 aliphatic rings. The fourth-order valence-corrected chi connectivity index (χ4v) is 2.29. The van der Waals surface area contributed by atoms with Gasteiger partial charge in [0.05, 0.1) is 0 Å². The number of benzene rings is 2. The molecule has 0 fully saturated rings. The number of ether oxygens (including phenoxy) is 1. The highest BCUT2D eigenvalue weighted by molar-refractivity contribution is 5.32. The number of nitrogens with zero attached hydrogens (tertiary/aromatic N) is 1. The summed E-state index contributed by atoms with van der Waals surface area (Å²) in [5.74, 6) is 0.899. The first kappa shape index (κ1) is 15.5. The Kier molecular flexibility index (Phi) is 6.25. The van der Waals surface area contributed by atoms with Gasteiger partial charge >= 0.3 is 0 Å². The van der Waals surface area contributed by atoms with Crippen LogP contribution in [0, 0.1) is 0 Å². The molecule has 2 aromatic rings. The van der Waals surface area contributed by atoms with Crippen molar-refractivity contribution in [3.8, 4) is 5.75 Å². The van der Waals surface area contributed by atoms with E-state index in [0.717, 1.165) is 30.9 Å². The summed E-state index contributed by atoms with van der Waals surface area (Å²) in [7, 11) is 0. The highest BCUT2D eigenvalue weighted by Gasteiger charge is 2.05. The number of nitrogens with two attached hydrogens (primary N) is 1. The van der Waals surface area contributed by atoms with Gasteiger partial charge in [0.1, 0.15) is 12.4 Å². The van der Waals surface area contributed by atoms with Crippen molar-refractivity contribution in [1.82, 2.24) is 4.90 Å². The molecular formula is C18H24N2O. The van der Waals surface area contributed by atoms with Gasteiger partial charge in [-0.15, -0.1) is 0 Å². The van der Waals surface area contributed by atoms with Gasteiger partial charge in [-0.25, -0.2) is 0 Å². The van der Waals surface area contributed by atoms with E-state index in [1.807, 2.05) is 30.3 Å². The molecule has 0 saturated heterocycles. The van der Waals surface area contributed by atoms with Gasteiger partial charge in [0, 0.05) is 25.2 Å². The molecule has 3 heteroatoms. The van der Waals surface area contributed by atoms with Gasteiger partial charge in [-0.2, -0.15) is 0 Å². The van der Waals surface area contributed by atoms with Gasteiger partial charge in [-0.05, 0) is 18.2 Å². The quantitative estimate of drug-likeness (QED) is 0.809. The van der Waals surface area contributed by atoms with Crippen LogP contribution < -0.4 is 10.5 Å². The molecule has 0 amide bonds. The highest BCUT2D eigenvalue weighted by Crippen LogP contribution is 2.17. The van der Waals surface area contributed by atoms with Crippen LogP contribution in [0.4, 0.5) is 0 Å². The van der Waals surface area contributed by atoms with Crippen molar-refractivity contribution in [1.29, 1.82) is 0 Å². The van der Waals surface area contributed by atoms with E-state index < -0.39 is 0 Å². The summed E-state index contributed by atoms with van der Waals surface area (Å²) in [5, 5.41) is 0. The smallest absolute Gasteiger partial charge is 0.123 e. The number of hydrogen-bond donors (Lipinski definition) is 1. The standard InChI is InChI=1S/C18H24N2O/c1-2-20(15-16-8-4-3-5-9-16)12-13-21-18-11-7-6-10-17(18)14-19/h3-11H,2,12-15,19H2,1H3. The first-order valence-corrected chi connectivity index (χ1v) is 7.50. The summed E-state index contributed by atoms with van der Waals surface area (Å²) >= 11 is 0. The van der Waals surface area contributed by atoms with Gasteiger partial charge in [-0.3, -0.25) is 4.90 Å². The fourth-order valence-electron chi connectivity index (χ4n) is 2.29. The summed E-state index contributed by atoms with van der Waals surface area (Å²) < 4.78 is 5.88.